The Kier molecular flexibility index (Phi) is 4.47. The van der Waals surface area contributed by atoms with Crippen molar-refractivity contribution in [1.82, 2.24) is 0 Å². The van der Waals surface area contributed by atoms with E-state index < -0.39 is 0 Å². The van der Waals surface area contributed by atoms with E-state index in [-0.39, 0.29) is 11.8 Å². The van der Waals surface area contributed by atoms with Crippen LogP contribution in [0.15, 0.2) is 54.6 Å². The van der Waals surface area contributed by atoms with Gasteiger partial charge in [0, 0.05) is 12.2 Å². The van der Waals surface area contributed by atoms with Crippen LogP contribution in [0, 0.1) is 6.92 Å². The maximum atomic E-state index is 11.7. The fraction of sp³-hybridized carbons (Fsp3) is 0.200. The summed E-state index contributed by atoms with van der Waals surface area (Å²) in [6.45, 7) is 4.18. The molecule has 3 rings (SSSR count). The minimum Gasteiger partial charge on any atom is -0.457 e. The van der Waals surface area contributed by atoms with Gasteiger partial charge in [0.1, 0.15) is 11.5 Å². The van der Waals surface area contributed by atoms with E-state index in [9.17, 15) is 9.59 Å². The van der Waals surface area contributed by atoms with Crippen LogP contribution < -0.4 is 9.64 Å². The van der Waals surface area contributed by atoms with Gasteiger partial charge in [-0.05, 0) is 54.8 Å². The number of aryl methyl sites for hydroxylation is 2. The van der Waals surface area contributed by atoms with Gasteiger partial charge in [-0.1, -0.05) is 25.5 Å². The second-order valence-electron chi connectivity index (χ2n) is 5.79. The number of nitrogens with zero attached hydrogens (tertiary/aromatic N) is 1. The number of hydrogen-bond acceptors (Lipinski definition) is 3. The van der Waals surface area contributed by atoms with Crippen LogP contribution in [0.2, 0.25) is 0 Å². The van der Waals surface area contributed by atoms with E-state index in [0.29, 0.717) is 11.4 Å². The largest absolute Gasteiger partial charge is 0.457 e. The van der Waals surface area contributed by atoms with Crippen molar-refractivity contribution in [1.29, 1.82) is 0 Å². The first-order valence-corrected chi connectivity index (χ1v) is 8.02. The molecule has 2 aromatic carbocycles. The molecule has 0 saturated carbocycles. The van der Waals surface area contributed by atoms with Crippen molar-refractivity contribution in [2.45, 2.75) is 26.7 Å². The average molecular weight is 321 g/mol. The van der Waals surface area contributed by atoms with Crippen molar-refractivity contribution in [3.05, 3.63) is 65.7 Å². The van der Waals surface area contributed by atoms with E-state index in [1.807, 2.05) is 13.0 Å². The Morgan fingerprint density at radius 2 is 1.62 bits per heavy atom. The van der Waals surface area contributed by atoms with Crippen molar-refractivity contribution in [2.75, 3.05) is 4.90 Å². The normalized spacial score (nSPS) is 13.7. The zero-order valence-corrected chi connectivity index (χ0v) is 13.8. The molecule has 0 aromatic heterocycles. The molecule has 0 unspecified atom stereocenters. The molecular formula is C20H19NO3. The zero-order chi connectivity index (χ0) is 17.1. The number of carbonyl (C=O) groups excluding carboxylic acids is 2. The van der Waals surface area contributed by atoms with Crippen molar-refractivity contribution >= 4 is 17.5 Å². The minimum atomic E-state index is -0.323. The predicted molar refractivity (Wildman–Crippen MR) is 93.3 cm³/mol. The van der Waals surface area contributed by atoms with Gasteiger partial charge in [-0.2, -0.15) is 0 Å². The lowest BCUT2D eigenvalue weighted by Gasteiger charge is -2.15. The van der Waals surface area contributed by atoms with Crippen molar-refractivity contribution in [3.8, 4) is 11.5 Å². The summed E-state index contributed by atoms with van der Waals surface area (Å²) in [6.07, 6.45) is 4.72. The number of carbonyl (C=O) groups is 2. The smallest absolute Gasteiger partial charge is 0.258 e. The third-order valence-corrected chi connectivity index (χ3v) is 3.91. The highest BCUT2D eigenvalue weighted by molar-refractivity contribution is 6.28. The number of anilines is 1. The maximum Gasteiger partial charge on any atom is 0.258 e. The van der Waals surface area contributed by atoms with Gasteiger partial charge in [0.2, 0.25) is 0 Å². The molecule has 0 atom stereocenters. The van der Waals surface area contributed by atoms with Crippen LogP contribution in [-0.4, -0.2) is 11.8 Å². The van der Waals surface area contributed by atoms with Crippen LogP contribution in [0.1, 0.15) is 24.5 Å². The molecule has 0 radical (unpaired) electrons. The topological polar surface area (TPSA) is 46.6 Å². The Balaban J connectivity index is 1.75. The lowest BCUT2D eigenvalue weighted by Crippen LogP contribution is -2.29. The Bertz CT molecular complexity index is 788. The van der Waals surface area contributed by atoms with Gasteiger partial charge in [0.15, 0.2) is 0 Å². The molecule has 0 aliphatic carbocycles. The van der Waals surface area contributed by atoms with Gasteiger partial charge < -0.3 is 4.74 Å². The van der Waals surface area contributed by atoms with E-state index in [4.69, 9.17) is 4.74 Å². The molecule has 0 bridgehead atoms. The van der Waals surface area contributed by atoms with Crippen LogP contribution in [0.25, 0.3) is 0 Å². The van der Waals surface area contributed by atoms with Crippen molar-refractivity contribution in [2.24, 2.45) is 0 Å². The van der Waals surface area contributed by atoms with Gasteiger partial charge in [-0.3, -0.25) is 9.59 Å². The molecule has 0 fully saturated rings. The molecule has 4 nitrogen and oxygen atoms in total. The number of hydrogen-bond donors (Lipinski definition) is 0. The van der Waals surface area contributed by atoms with Crippen LogP contribution in [0.4, 0.5) is 5.69 Å². The molecule has 2 aromatic rings. The summed E-state index contributed by atoms with van der Waals surface area (Å²) in [7, 11) is 0. The van der Waals surface area contributed by atoms with Crippen LogP contribution in [0.5, 0.6) is 11.5 Å². The first-order valence-electron chi connectivity index (χ1n) is 8.02. The summed E-state index contributed by atoms with van der Waals surface area (Å²) >= 11 is 0. The fourth-order valence-electron chi connectivity index (χ4n) is 2.72. The monoisotopic (exact) mass is 321 g/mol. The molecule has 0 saturated heterocycles. The Hall–Kier alpha value is -2.88. The first-order chi connectivity index (χ1) is 11.6. The van der Waals surface area contributed by atoms with E-state index in [1.54, 1.807) is 24.3 Å². The lowest BCUT2D eigenvalue weighted by molar-refractivity contribution is -0.119. The molecule has 0 N–H and O–H groups in total. The maximum absolute atomic E-state index is 11.7. The Labute approximate surface area is 141 Å². The van der Waals surface area contributed by atoms with Crippen molar-refractivity contribution in [3.63, 3.8) is 0 Å². The third-order valence-electron chi connectivity index (χ3n) is 3.91. The van der Waals surface area contributed by atoms with Gasteiger partial charge in [-0.25, -0.2) is 4.90 Å². The number of rotatable bonds is 5. The summed E-state index contributed by atoms with van der Waals surface area (Å²) in [5.41, 5.74) is 2.92. The first kappa shape index (κ1) is 16.0. The molecule has 0 spiro atoms. The number of amides is 2. The van der Waals surface area contributed by atoms with Gasteiger partial charge >= 0.3 is 0 Å². The van der Waals surface area contributed by atoms with Gasteiger partial charge in [-0.15, -0.1) is 0 Å². The third kappa shape index (κ3) is 3.23. The molecule has 1 aliphatic heterocycles. The molecule has 122 valence electrons. The Morgan fingerprint density at radius 3 is 2.21 bits per heavy atom. The molecule has 4 heteroatoms. The van der Waals surface area contributed by atoms with Gasteiger partial charge in [0.25, 0.3) is 11.8 Å². The van der Waals surface area contributed by atoms with Crippen LogP contribution in [0.3, 0.4) is 0 Å². The highest BCUT2D eigenvalue weighted by Gasteiger charge is 2.24. The highest BCUT2D eigenvalue weighted by Crippen LogP contribution is 2.28. The SMILES string of the molecule is CCCc1ccc(Oc2ccc(N3C(=O)C=CC3=O)cc2)c(C)c1. The summed E-state index contributed by atoms with van der Waals surface area (Å²) in [6, 6.07) is 13.1. The summed E-state index contributed by atoms with van der Waals surface area (Å²) < 4.78 is 5.91. The van der Waals surface area contributed by atoms with E-state index in [2.05, 4.69) is 19.1 Å². The molecule has 1 heterocycles. The standard InChI is InChI=1S/C20H19NO3/c1-3-4-15-5-10-18(14(2)13-15)24-17-8-6-16(7-9-17)21-19(22)11-12-20(21)23/h5-13H,3-4H2,1-2H3. The molecule has 24 heavy (non-hydrogen) atoms. The quantitative estimate of drug-likeness (QED) is 0.777. The van der Waals surface area contributed by atoms with Crippen LogP contribution >= 0.6 is 0 Å². The summed E-state index contributed by atoms with van der Waals surface area (Å²) in [5.74, 6) is 0.821. The number of ether oxygens (including phenoxy) is 1. The van der Waals surface area contributed by atoms with E-state index >= 15 is 0 Å². The second kappa shape index (κ2) is 6.71. The molecular weight excluding hydrogens is 302 g/mol. The highest BCUT2D eigenvalue weighted by atomic mass is 16.5. The molecule has 1 aliphatic rings. The van der Waals surface area contributed by atoms with Crippen molar-refractivity contribution < 1.29 is 14.3 Å². The van der Waals surface area contributed by atoms with Gasteiger partial charge in [0.05, 0.1) is 5.69 Å². The summed E-state index contributed by atoms with van der Waals surface area (Å²) in [5, 5.41) is 0. The number of imide groups is 1. The molecule has 2 amide bonds. The number of benzene rings is 2. The second-order valence-corrected chi connectivity index (χ2v) is 5.79. The average Bonchev–Trinajstić information content (AvgIpc) is 2.90. The zero-order valence-electron chi connectivity index (χ0n) is 13.8. The lowest BCUT2D eigenvalue weighted by atomic mass is 10.1. The predicted octanol–water partition coefficient (Wildman–Crippen LogP) is 4.17. The fourth-order valence-corrected chi connectivity index (χ4v) is 2.72. The summed E-state index contributed by atoms with van der Waals surface area (Å²) in [4.78, 5) is 24.5. The Morgan fingerprint density at radius 1 is 0.958 bits per heavy atom. The van der Waals surface area contributed by atoms with E-state index in [0.717, 1.165) is 29.1 Å². The minimum absolute atomic E-state index is 0.323. The van der Waals surface area contributed by atoms with E-state index in [1.165, 1.54) is 17.7 Å². The van der Waals surface area contributed by atoms with Crippen LogP contribution in [-0.2, 0) is 16.0 Å².